The number of aliphatic imine (C=N–C) groups is 1. The van der Waals surface area contributed by atoms with Crippen molar-refractivity contribution in [1.29, 1.82) is 0 Å². The van der Waals surface area contributed by atoms with Crippen molar-refractivity contribution in [2.24, 2.45) is 4.99 Å². The van der Waals surface area contributed by atoms with Gasteiger partial charge in [0, 0.05) is 20.1 Å². The number of hydrogen-bond donors (Lipinski definition) is 2. The summed E-state index contributed by atoms with van der Waals surface area (Å²) in [5.41, 5.74) is 1.63. The summed E-state index contributed by atoms with van der Waals surface area (Å²) in [5.74, 6) is 0.976. The fourth-order valence-electron chi connectivity index (χ4n) is 2.37. The Labute approximate surface area is 170 Å². The average Bonchev–Trinajstić information content (AvgIpc) is 2.71. The smallest absolute Gasteiger partial charge is 0.422 e. The number of halogens is 5. The van der Waals surface area contributed by atoms with Gasteiger partial charge in [-0.25, -0.2) is 8.78 Å². The Kier molecular flexibility index (Phi) is 8.70. The summed E-state index contributed by atoms with van der Waals surface area (Å²) in [4.78, 5) is 4.09. The predicted octanol–water partition coefficient (Wildman–Crippen LogP) is 4.14. The molecule has 0 saturated heterocycles. The van der Waals surface area contributed by atoms with E-state index < -0.39 is 25.8 Å². The van der Waals surface area contributed by atoms with Gasteiger partial charge in [-0.15, -0.1) is 0 Å². The standard InChI is InChI=1S/C20H22F5N3O2/c1-26-19(28-11-15-3-2-4-17(9-15)29-12-18(21)22)27-10-14-5-7-16(8-6-14)30-13-20(23,24)25/h2-9,18H,10-13H2,1H3,(H2,26,27,28). The van der Waals surface area contributed by atoms with E-state index in [9.17, 15) is 22.0 Å². The van der Waals surface area contributed by atoms with E-state index in [1.165, 1.54) is 12.1 Å². The van der Waals surface area contributed by atoms with Crippen LogP contribution >= 0.6 is 0 Å². The van der Waals surface area contributed by atoms with Gasteiger partial charge in [-0.3, -0.25) is 4.99 Å². The Hall–Kier alpha value is -3.04. The molecule has 2 N–H and O–H groups in total. The van der Waals surface area contributed by atoms with Crippen LogP contribution in [0.15, 0.2) is 53.5 Å². The van der Waals surface area contributed by atoms with E-state index in [0.29, 0.717) is 24.8 Å². The molecule has 2 rings (SSSR count). The Morgan fingerprint density at radius 3 is 2.20 bits per heavy atom. The lowest BCUT2D eigenvalue weighted by Gasteiger charge is -2.13. The second-order valence-electron chi connectivity index (χ2n) is 6.18. The van der Waals surface area contributed by atoms with Gasteiger partial charge in [-0.05, 0) is 35.4 Å². The number of alkyl halides is 5. The third-order valence-electron chi connectivity index (χ3n) is 3.74. The maximum absolute atomic E-state index is 12.2. The lowest BCUT2D eigenvalue weighted by molar-refractivity contribution is -0.153. The van der Waals surface area contributed by atoms with Crippen molar-refractivity contribution < 1.29 is 31.4 Å². The molecular formula is C20H22F5N3O2. The van der Waals surface area contributed by atoms with Crippen molar-refractivity contribution >= 4 is 5.96 Å². The summed E-state index contributed by atoms with van der Waals surface area (Å²) >= 11 is 0. The fraction of sp³-hybridized carbons (Fsp3) is 0.350. The van der Waals surface area contributed by atoms with Crippen LogP contribution in [0, 0.1) is 0 Å². The maximum atomic E-state index is 12.2. The van der Waals surface area contributed by atoms with Gasteiger partial charge in [0.1, 0.15) is 18.1 Å². The highest BCUT2D eigenvalue weighted by atomic mass is 19.4. The molecule has 2 aromatic carbocycles. The highest BCUT2D eigenvalue weighted by molar-refractivity contribution is 5.79. The van der Waals surface area contributed by atoms with E-state index in [0.717, 1.165) is 11.1 Å². The molecule has 10 heteroatoms. The van der Waals surface area contributed by atoms with Crippen LogP contribution in [0.1, 0.15) is 11.1 Å². The molecule has 0 unspecified atom stereocenters. The van der Waals surface area contributed by atoms with Crippen LogP contribution < -0.4 is 20.1 Å². The lowest BCUT2D eigenvalue weighted by atomic mass is 10.2. The van der Waals surface area contributed by atoms with Crippen molar-refractivity contribution in [3.63, 3.8) is 0 Å². The van der Waals surface area contributed by atoms with E-state index in [1.54, 1.807) is 37.4 Å². The highest BCUT2D eigenvalue weighted by Gasteiger charge is 2.28. The summed E-state index contributed by atoms with van der Waals surface area (Å²) < 4.78 is 70.6. The molecule has 164 valence electrons. The third kappa shape index (κ3) is 8.97. The van der Waals surface area contributed by atoms with E-state index in [4.69, 9.17) is 4.74 Å². The molecule has 0 bridgehead atoms. The molecule has 0 amide bonds. The van der Waals surface area contributed by atoms with Gasteiger partial charge < -0.3 is 20.1 Å². The molecule has 0 radical (unpaired) electrons. The number of nitrogens with zero attached hydrogens (tertiary/aromatic N) is 1. The fourth-order valence-corrected chi connectivity index (χ4v) is 2.37. The molecular weight excluding hydrogens is 409 g/mol. The molecule has 0 saturated carbocycles. The molecule has 0 atom stereocenters. The molecule has 30 heavy (non-hydrogen) atoms. The lowest BCUT2D eigenvalue weighted by Crippen LogP contribution is -2.36. The molecule has 0 aliphatic rings. The van der Waals surface area contributed by atoms with Crippen LogP contribution in [0.4, 0.5) is 22.0 Å². The number of ether oxygens (including phenoxy) is 2. The third-order valence-corrected chi connectivity index (χ3v) is 3.74. The first-order chi connectivity index (χ1) is 14.2. The van der Waals surface area contributed by atoms with Crippen LogP contribution in [0.5, 0.6) is 11.5 Å². The van der Waals surface area contributed by atoms with Crippen molar-refractivity contribution in [3.05, 3.63) is 59.7 Å². The van der Waals surface area contributed by atoms with Gasteiger partial charge in [0.05, 0.1) is 0 Å². The SMILES string of the molecule is CN=C(NCc1ccc(OCC(F)(F)F)cc1)NCc1cccc(OCC(F)F)c1. The zero-order valence-electron chi connectivity index (χ0n) is 16.2. The molecule has 0 heterocycles. The van der Waals surface area contributed by atoms with Crippen LogP contribution in [-0.2, 0) is 13.1 Å². The molecule has 2 aromatic rings. The summed E-state index contributed by atoms with van der Waals surface area (Å²) in [6.07, 6.45) is -6.92. The number of benzene rings is 2. The molecule has 0 fully saturated rings. The molecule has 5 nitrogen and oxygen atoms in total. The van der Waals surface area contributed by atoms with Gasteiger partial charge in [0.15, 0.2) is 12.6 Å². The van der Waals surface area contributed by atoms with Crippen LogP contribution in [0.3, 0.4) is 0 Å². The normalized spacial score (nSPS) is 12.0. The number of nitrogens with one attached hydrogen (secondary N) is 2. The van der Waals surface area contributed by atoms with E-state index in [1.807, 2.05) is 6.07 Å². The maximum Gasteiger partial charge on any atom is 0.422 e. The minimum atomic E-state index is -4.38. The van der Waals surface area contributed by atoms with E-state index in [2.05, 4.69) is 20.4 Å². The van der Waals surface area contributed by atoms with E-state index >= 15 is 0 Å². The number of rotatable bonds is 9. The number of guanidine groups is 1. The van der Waals surface area contributed by atoms with Crippen LogP contribution in [-0.4, -0.2) is 38.8 Å². The predicted molar refractivity (Wildman–Crippen MR) is 103 cm³/mol. The van der Waals surface area contributed by atoms with Gasteiger partial charge in [-0.1, -0.05) is 24.3 Å². The number of hydrogen-bond acceptors (Lipinski definition) is 3. The molecule has 0 spiro atoms. The van der Waals surface area contributed by atoms with Crippen molar-refractivity contribution in [3.8, 4) is 11.5 Å². The summed E-state index contributed by atoms with van der Waals surface area (Å²) in [5, 5.41) is 6.16. The Morgan fingerprint density at radius 1 is 0.933 bits per heavy atom. The summed E-state index contributed by atoms with van der Waals surface area (Å²) in [7, 11) is 1.59. The second-order valence-corrected chi connectivity index (χ2v) is 6.18. The van der Waals surface area contributed by atoms with Gasteiger partial charge >= 0.3 is 6.18 Å². The van der Waals surface area contributed by atoms with Crippen LogP contribution in [0.2, 0.25) is 0 Å². The Morgan fingerprint density at radius 2 is 1.60 bits per heavy atom. The first kappa shape index (κ1) is 23.2. The quantitative estimate of drug-likeness (QED) is 0.356. The molecule has 0 aromatic heterocycles. The molecule has 0 aliphatic carbocycles. The van der Waals surface area contributed by atoms with Crippen molar-refractivity contribution in [2.75, 3.05) is 20.3 Å². The monoisotopic (exact) mass is 431 g/mol. The first-order valence-corrected chi connectivity index (χ1v) is 8.98. The summed E-state index contributed by atoms with van der Waals surface area (Å²) in [6.45, 7) is -1.23. The zero-order valence-corrected chi connectivity index (χ0v) is 16.2. The zero-order chi connectivity index (χ0) is 22.0. The van der Waals surface area contributed by atoms with Gasteiger partial charge in [-0.2, -0.15) is 13.2 Å². The van der Waals surface area contributed by atoms with Gasteiger partial charge in [0.2, 0.25) is 0 Å². The van der Waals surface area contributed by atoms with Crippen LogP contribution in [0.25, 0.3) is 0 Å². The van der Waals surface area contributed by atoms with Gasteiger partial charge in [0.25, 0.3) is 6.43 Å². The van der Waals surface area contributed by atoms with Crippen molar-refractivity contribution in [2.45, 2.75) is 25.7 Å². The van der Waals surface area contributed by atoms with E-state index in [-0.39, 0.29) is 5.75 Å². The summed E-state index contributed by atoms with van der Waals surface area (Å²) in [6, 6.07) is 13.0. The Bertz CT molecular complexity index is 811. The Balaban J connectivity index is 1.80. The minimum absolute atomic E-state index is 0.132. The largest absolute Gasteiger partial charge is 0.488 e. The molecule has 0 aliphatic heterocycles. The topological polar surface area (TPSA) is 54.9 Å². The highest BCUT2D eigenvalue weighted by Crippen LogP contribution is 2.19. The van der Waals surface area contributed by atoms with Crippen molar-refractivity contribution in [1.82, 2.24) is 10.6 Å². The first-order valence-electron chi connectivity index (χ1n) is 8.98. The minimum Gasteiger partial charge on any atom is -0.488 e. The average molecular weight is 431 g/mol. The second kappa shape index (κ2) is 11.2.